The molecule has 0 aromatic heterocycles. The minimum absolute atomic E-state index is 0.221. The zero-order valence-corrected chi connectivity index (χ0v) is 12.5. The molecule has 2 rings (SSSR count). The molecule has 1 fully saturated rings. The molecular formula is C14H20N2O4S. The van der Waals surface area contributed by atoms with Gasteiger partial charge in [0.05, 0.1) is 10.5 Å². The van der Waals surface area contributed by atoms with Gasteiger partial charge in [0.1, 0.15) is 0 Å². The van der Waals surface area contributed by atoms with Crippen molar-refractivity contribution < 1.29 is 18.3 Å². The second-order valence-corrected chi connectivity index (χ2v) is 7.15. The molecule has 1 aromatic carbocycles. The number of anilines is 1. The highest BCUT2D eigenvalue weighted by molar-refractivity contribution is 7.89. The van der Waals surface area contributed by atoms with Crippen molar-refractivity contribution in [3.05, 3.63) is 23.8 Å². The van der Waals surface area contributed by atoms with E-state index in [2.05, 4.69) is 4.72 Å². The first-order valence-corrected chi connectivity index (χ1v) is 8.51. The molecule has 7 heteroatoms. The van der Waals surface area contributed by atoms with Crippen LogP contribution in [0.4, 0.5) is 5.69 Å². The smallest absolute Gasteiger partial charge is 0.337 e. The summed E-state index contributed by atoms with van der Waals surface area (Å²) in [4.78, 5) is 10.9. The van der Waals surface area contributed by atoms with Crippen LogP contribution < -0.4 is 10.5 Å². The highest BCUT2D eigenvalue weighted by atomic mass is 32.2. The predicted octanol–water partition coefficient (Wildman–Crippen LogP) is 1.83. The molecule has 116 valence electrons. The molecule has 21 heavy (non-hydrogen) atoms. The summed E-state index contributed by atoms with van der Waals surface area (Å²) in [6, 6.07) is 3.79. The summed E-state index contributed by atoms with van der Waals surface area (Å²) in [5.74, 6) is -0.976. The summed E-state index contributed by atoms with van der Waals surface area (Å²) < 4.78 is 27.1. The molecule has 1 aliphatic carbocycles. The summed E-state index contributed by atoms with van der Waals surface area (Å²) in [5.41, 5.74) is 5.44. The highest BCUT2D eigenvalue weighted by Gasteiger charge is 2.24. The summed E-state index contributed by atoms with van der Waals surface area (Å²) in [6.07, 6.45) is 5.46. The van der Waals surface area contributed by atoms with Crippen LogP contribution in [-0.2, 0) is 10.0 Å². The summed E-state index contributed by atoms with van der Waals surface area (Å²) >= 11 is 0. The van der Waals surface area contributed by atoms with Crippen LogP contribution in [0.15, 0.2) is 23.1 Å². The number of benzene rings is 1. The number of aromatic carboxylic acids is 1. The van der Waals surface area contributed by atoms with Crippen molar-refractivity contribution in [2.45, 2.75) is 37.0 Å². The predicted molar refractivity (Wildman–Crippen MR) is 79.6 cm³/mol. The van der Waals surface area contributed by atoms with E-state index in [0.717, 1.165) is 31.7 Å². The number of sulfonamides is 1. The number of rotatable bonds is 5. The van der Waals surface area contributed by atoms with Crippen LogP contribution in [0.25, 0.3) is 0 Å². The van der Waals surface area contributed by atoms with Gasteiger partial charge in [0.15, 0.2) is 0 Å². The Morgan fingerprint density at radius 2 is 1.95 bits per heavy atom. The maximum atomic E-state index is 12.3. The van der Waals surface area contributed by atoms with Crippen LogP contribution in [0.1, 0.15) is 42.5 Å². The van der Waals surface area contributed by atoms with Crippen molar-refractivity contribution in [2.24, 2.45) is 5.92 Å². The molecule has 1 aromatic rings. The van der Waals surface area contributed by atoms with Crippen LogP contribution in [0.5, 0.6) is 0 Å². The van der Waals surface area contributed by atoms with Crippen molar-refractivity contribution >= 4 is 21.7 Å². The first kappa shape index (κ1) is 15.8. The third-order valence-electron chi connectivity index (χ3n) is 3.81. The molecule has 0 radical (unpaired) electrons. The van der Waals surface area contributed by atoms with Crippen LogP contribution in [0.2, 0.25) is 0 Å². The molecule has 1 saturated carbocycles. The Bertz CT molecular complexity index is 622. The third-order valence-corrected chi connectivity index (χ3v) is 5.29. The Hall–Kier alpha value is -1.60. The SMILES string of the molecule is Nc1ccc(S(=O)(=O)NCC2CCCCC2)c(C(=O)O)c1. The number of nitrogens with one attached hydrogen (secondary N) is 1. The fraction of sp³-hybridized carbons (Fsp3) is 0.500. The molecule has 0 aliphatic heterocycles. The summed E-state index contributed by atoms with van der Waals surface area (Å²) in [7, 11) is -3.84. The van der Waals surface area contributed by atoms with E-state index in [1.165, 1.54) is 18.6 Å². The zero-order chi connectivity index (χ0) is 15.5. The maximum absolute atomic E-state index is 12.3. The fourth-order valence-electron chi connectivity index (χ4n) is 2.65. The van der Waals surface area contributed by atoms with Gasteiger partial charge < -0.3 is 10.8 Å². The molecule has 0 unspecified atom stereocenters. The quantitative estimate of drug-likeness (QED) is 0.718. The molecular weight excluding hydrogens is 292 g/mol. The first-order chi connectivity index (χ1) is 9.90. The van der Waals surface area contributed by atoms with E-state index < -0.39 is 16.0 Å². The van der Waals surface area contributed by atoms with Gasteiger partial charge >= 0.3 is 5.97 Å². The van der Waals surface area contributed by atoms with Crippen LogP contribution >= 0.6 is 0 Å². The van der Waals surface area contributed by atoms with Gasteiger partial charge in [-0.3, -0.25) is 0 Å². The van der Waals surface area contributed by atoms with Crippen LogP contribution in [0, 0.1) is 5.92 Å². The molecule has 0 amide bonds. The Kier molecular flexibility index (Phi) is 4.84. The molecule has 0 saturated heterocycles. The average molecular weight is 312 g/mol. The van der Waals surface area contributed by atoms with E-state index in [4.69, 9.17) is 10.8 Å². The lowest BCUT2D eigenvalue weighted by Gasteiger charge is -2.21. The molecule has 4 N–H and O–H groups in total. The van der Waals surface area contributed by atoms with E-state index in [1.54, 1.807) is 0 Å². The van der Waals surface area contributed by atoms with Crippen LogP contribution in [0.3, 0.4) is 0 Å². The lowest BCUT2D eigenvalue weighted by atomic mass is 9.90. The van der Waals surface area contributed by atoms with Gasteiger partial charge in [0, 0.05) is 12.2 Å². The van der Waals surface area contributed by atoms with Gasteiger partial charge in [-0.25, -0.2) is 17.9 Å². The molecule has 0 bridgehead atoms. The Balaban J connectivity index is 2.17. The van der Waals surface area contributed by atoms with Crippen LogP contribution in [-0.4, -0.2) is 26.0 Å². The van der Waals surface area contributed by atoms with Gasteiger partial charge in [-0.05, 0) is 37.0 Å². The number of nitrogens with two attached hydrogens (primary N) is 1. The number of carbonyl (C=O) groups is 1. The molecule has 0 heterocycles. The fourth-order valence-corrected chi connectivity index (χ4v) is 3.94. The van der Waals surface area contributed by atoms with Crippen molar-refractivity contribution in [3.63, 3.8) is 0 Å². The molecule has 0 spiro atoms. The van der Waals surface area contributed by atoms with Crippen molar-refractivity contribution in [1.29, 1.82) is 0 Å². The number of hydrogen-bond donors (Lipinski definition) is 3. The third kappa shape index (κ3) is 3.95. The van der Waals surface area contributed by atoms with Gasteiger partial charge in [0.2, 0.25) is 10.0 Å². The van der Waals surface area contributed by atoms with E-state index >= 15 is 0 Å². The first-order valence-electron chi connectivity index (χ1n) is 7.02. The zero-order valence-electron chi connectivity index (χ0n) is 11.7. The minimum Gasteiger partial charge on any atom is -0.478 e. The normalized spacial score (nSPS) is 16.8. The lowest BCUT2D eigenvalue weighted by Crippen LogP contribution is -2.31. The highest BCUT2D eigenvalue weighted by Crippen LogP contribution is 2.24. The van der Waals surface area contributed by atoms with Crippen molar-refractivity contribution in [1.82, 2.24) is 4.72 Å². The van der Waals surface area contributed by atoms with Gasteiger partial charge in [-0.15, -0.1) is 0 Å². The van der Waals surface area contributed by atoms with Gasteiger partial charge in [0.25, 0.3) is 0 Å². The molecule has 1 aliphatic rings. The number of carboxylic acids is 1. The van der Waals surface area contributed by atoms with Crippen molar-refractivity contribution in [2.75, 3.05) is 12.3 Å². The van der Waals surface area contributed by atoms with E-state index in [0.29, 0.717) is 12.5 Å². The number of hydrogen-bond acceptors (Lipinski definition) is 4. The van der Waals surface area contributed by atoms with E-state index in [-0.39, 0.29) is 16.1 Å². The standard InChI is InChI=1S/C14H20N2O4S/c15-11-6-7-13(12(8-11)14(17)18)21(19,20)16-9-10-4-2-1-3-5-10/h6-8,10,16H,1-5,9,15H2,(H,17,18). The molecule has 6 nitrogen and oxygen atoms in total. The van der Waals surface area contributed by atoms with Gasteiger partial charge in [-0.1, -0.05) is 19.3 Å². The topological polar surface area (TPSA) is 109 Å². The van der Waals surface area contributed by atoms with E-state index in [1.807, 2.05) is 0 Å². The summed E-state index contributed by atoms with van der Waals surface area (Å²) in [6.45, 7) is 0.353. The Morgan fingerprint density at radius 1 is 1.29 bits per heavy atom. The minimum atomic E-state index is -3.84. The largest absolute Gasteiger partial charge is 0.478 e. The average Bonchev–Trinajstić information content (AvgIpc) is 2.46. The second kappa shape index (κ2) is 6.44. The number of nitrogen functional groups attached to an aromatic ring is 1. The maximum Gasteiger partial charge on any atom is 0.337 e. The number of carboxylic acid groups (broad SMARTS) is 1. The summed E-state index contributed by atoms with van der Waals surface area (Å²) in [5, 5.41) is 9.12. The monoisotopic (exact) mass is 312 g/mol. The Morgan fingerprint density at radius 3 is 2.57 bits per heavy atom. The second-order valence-electron chi connectivity index (χ2n) is 5.42. The van der Waals surface area contributed by atoms with Crippen molar-refractivity contribution in [3.8, 4) is 0 Å². The van der Waals surface area contributed by atoms with Gasteiger partial charge in [-0.2, -0.15) is 0 Å². The lowest BCUT2D eigenvalue weighted by molar-refractivity contribution is 0.0692. The van der Waals surface area contributed by atoms with E-state index in [9.17, 15) is 13.2 Å². The Labute approximate surface area is 124 Å². The molecule has 0 atom stereocenters.